The minimum atomic E-state index is -0.165. The Hall–Kier alpha value is -1.88. The molecule has 2 heterocycles. The summed E-state index contributed by atoms with van der Waals surface area (Å²) in [6.07, 6.45) is 4.68. The van der Waals surface area contributed by atoms with E-state index < -0.39 is 0 Å². The van der Waals surface area contributed by atoms with Gasteiger partial charge in [0.15, 0.2) is 0 Å². The first-order valence-electron chi connectivity index (χ1n) is 5.92. The van der Waals surface area contributed by atoms with Gasteiger partial charge in [-0.25, -0.2) is 0 Å². The minimum absolute atomic E-state index is 0.165. The van der Waals surface area contributed by atoms with Gasteiger partial charge in [0.05, 0.1) is 5.52 Å². The van der Waals surface area contributed by atoms with Gasteiger partial charge in [0.2, 0.25) is 0 Å². The van der Waals surface area contributed by atoms with Crippen LogP contribution in [-0.2, 0) is 11.3 Å². The highest BCUT2D eigenvalue weighted by Crippen LogP contribution is 2.16. The van der Waals surface area contributed by atoms with Crippen LogP contribution in [0.3, 0.4) is 0 Å². The highest BCUT2D eigenvalue weighted by atomic mass is 16.5. The molecule has 0 aromatic carbocycles. The molecule has 0 aliphatic heterocycles. The number of aryl methyl sites for hydroxylation is 1. The minimum Gasteiger partial charge on any atom is -0.385 e. The number of methoxy groups -OCH3 is 1. The lowest BCUT2D eigenvalue weighted by Crippen LogP contribution is -2.19. The second-order valence-corrected chi connectivity index (χ2v) is 4.06. The number of fused-ring (bicyclic) bond motifs is 1. The third kappa shape index (κ3) is 2.51. The normalized spacial score (nSPS) is 10.8. The van der Waals surface area contributed by atoms with Gasteiger partial charge in [-0.15, -0.1) is 0 Å². The average Bonchev–Trinajstić information content (AvgIpc) is 2.81. The van der Waals surface area contributed by atoms with Crippen LogP contribution in [0, 0.1) is 0 Å². The van der Waals surface area contributed by atoms with Crippen LogP contribution in [0.25, 0.3) is 10.9 Å². The first kappa shape index (κ1) is 12.6. The van der Waals surface area contributed by atoms with Gasteiger partial charge in [0, 0.05) is 45.1 Å². The molecular weight excluding hydrogens is 230 g/mol. The molecule has 0 aliphatic rings. The molecule has 0 fully saturated rings. The Balaban J connectivity index is 2.28. The summed E-state index contributed by atoms with van der Waals surface area (Å²) in [5.41, 5.74) is 1.47. The van der Waals surface area contributed by atoms with Crippen molar-refractivity contribution in [2.75, 3.05) is 20.8 Å². The van der Waals surface area contributed by atoms with Crippen molar-refractivity contribution in [2.45, 2.75) is 13.0 Å². The van der Waals surface area contributed by atoms with E-state index in [0.717, 1.165) is 30.5 Å². The molecule has 0 atom stereocenters. The van der Waals surface area contributed by atoms with Crippen LogP contribution in [0.15, 0.2) is 24.5 Å². The van der Waals surface area contributed by atoms with E-state index in [1.807, 2.05) is 18.3 Å². The Bertz CT molecular complexity index is 548. The fraction of sp³-hybridized carbons (Fsp3) is 0.385. The number of carbonyl (C=O) groups excluding carboxylic acids is 1. The zero-order valence-corrected chi connectivity index (χ0v) is 10.6. The molecule has 1 N–H and O–H groups in total. The van der Waals surface area contributed by atoms with E-state index in [1.165, 1.54) is 0 Å². The third-order valence-electron chi connectivity index (χ3n) is 2.86. The fourth-order valence-electron chi connectivity index (χ4n) is 1.91. The topological polar surface area (TPSA) is 56.2 Å². The quantitative estimate of drug-likeness (QED) is 0.813. The summed E-state index contributed by atoms with van der Waals surface area (Å²) in [5.74, 6) is -0.165. The molecule has 0 saturated heterocycles. The Morgan fingerprint density at radius 2 is 2.39 bits per heavy atom. The molecule has 0 spiro atoms. The molecule has 18 heavy (non-hydrogen) atoms. The van der Waals surface area contributed by atoms with Crippen LogP contribution >= 0.6 is 0 Å². The van der Waals surface area contributed by atoms with Crippen LogP contribution in [0.1, 0.15) is 16.9 Å². The highest BCUT2D eigenvalue weighted by Gasteiger charge is 2.08. The molecule has 0 bridgehead atoms. The Morgan fingerprint density at radius 1 is 1.56 bits per heavy atom. The SMILES string of the molecule is CNC(=O)c1cc2c(ccn2CCCOC)cn1. The summed E-state index contributed by atoms with van der Waals surface area (Å²) < 4.78 is 7.16. The zero-order chi connectivity index (χ0) is 13.0. The van der Waals surface area contributed by atoms with Crippen molar-refractivity contribution < 1.29 is 9.53 Å². The van der Waals surface area contributed by atoms with Gasteiger partial charge in [-0.2, -0.15) is 0 Å². The number of nitrogens with one attached hydrogen (secondary N) is 1. The Morgan fingerprint density at radius 3 is 3.11 bits per heavy atom. The summed E-state index contributed by atoms with van der Waals surface area (Å²) >= 11 is 0. The Labute approximate surface area is 106 Å². The largest absolute Gasteiger partial charge is 0.385 e. The molecule has 2 aromatic heterocycles. The number of hydrogen-bond acceptors (Lipinski definition) is 3. The van der Waals surface area contributed by atoms with E-state index in [9.17, 15) is 4.79 Å². The summed E-state index contributed by atoms with van der Waals surface area (Å²) in [6.45, 7) is 1.60. The number of pyridine rings is 1. The number of amides is 1. The molecule has 0 unspecified atom stereocenters. The van der Waals surface area contributed by atoms with Crippen molar-refractivity contribution in [3.8, 4) is 0 Å². The highest BCUT2D eigenvalue weighted by molar-refractivity contribution is 5.95. The maximum Gasteiger partial charge on any atom is 0.269 e. The Kier molecular flexibility index (Phi) is 3.94. The molecule has 96 valence electrons. The first-order valence-corrected chi connectivity index (χ1v) is 5.92. The van der Waals surface area contributed by atoms with Crippen molar-refractivity contribution in [2.24, 2.45) is 0 Å². The predicted octanol–water partition coefficient (Wildman–Crippen LogP) is 1.43. The van der Waals surface area contributed by atoms with Crippen molar-refractivity contribution in [3.63, 3.8) is 0 Å². The molecule has 5 nitrogen and oxygen atoms in total. The van der Waals surface area contributed by atoms with Gasteiger partial charge in [0.1, 0.15) is 5.69 Å². The molecule has 0 aliphatic carbocycles. The molecule has 0 radical (unpaired) electrons. The number of carbonyl (C=O) groups is 1. The number of aromatic nitrogens is 2. The molecule has 2 rings (SSSR count). The smallest absolute Gasteiger partial charge is 0.269 e. The summed E-state index contributed by atoms with van der Waals surface area (Å²) in [4.78, 5) is 15.7. The van der Waals surface area contributed by atoms with E-state index in [0.29, 0.717) is 5.69 Å². The van der Waals surface area contributed by atoms with E-state index in [4.69, 9.17) is 4.74 Å². The maximum absolute atomic E-state index is 11.5. The van der Waals surface area contributed by atoms with Crippen LogP contribution in [0.2, 0.25) is 0 Å². The van der Waals surface area contributed by atoms with Gasteiger partial charge in [-0.1, -0.05) is 0 Å². The van der Waals surface area contributed by atoms with E-state index in [1.54, 1.807) is 20.4 Å². The summed E-state index contributed by atoms with van der Waals surface area (Å²) in [7, 11) is 3.30. The number of ether oxygens (including phenoxy) is 1. The zero-order valence-electron chi connectivity index (χ0n) is 10.6. The molecular formula is C13H17N3O2. The second kappa shape index (κ2) is 5.64. The molecule has 1 amide bonds. The lowest BCUT2D eigenvalue weighted by molar-refractivity contribution is 0.0958. The average molecular weight is 247 g/mol. The van der Waals surface area contributed by atoms with Crippen LogP contribution in [-0.4, -0.2) is 36.2 Å². The second-order valence-electron chi connectivity index (χ2n) is 4.06. The third-order valence-corrected chi connectivity index (χ3v) is 2.86. The van der Waals surface area contributed by atoms with Crippen LogP contribution in [0.5, 0.6) is 0 Å². The van der Waals surface area contributed by atoms with Gasteiger partial charge in [-0.05, 0) is 18.6 Å². The van der Waals surface area contributed by atoms with Gasteiger partial charge < -0.3 is 14.6 Å². The number of nitrogens with zero attached hydrogens (tertiary/aromatic N) is 2. The van der Waals surface area contributed by atoms with Crippen LogP contribution in [0.4, 0.5) is 0 Å². The summed E-state index contributed by atoms with van der Waals surface area (Å²) in [5, 5.41) is 3.62. The van der Waals surface area contributed by atoms with Crippen molar-refractivity contribution in [1.82, 2.24) is 14.9 Å². The molecule has 5 heteroatoms. The monoisotopic (exact) mass is 247 g/mol. The standard InChI is InChI=1S/C13H17N3O2/c1-14-13(17)11-8-12-10(9-15-11)4-6-16(12)5-3-7-18-2/h4,6,8-9H,3,5,7H2,1-2H3,(H,14,17). The fourth-order valence-corrected chi connectivity index (χ4v) is 1.91. The summed E-state index contributed by atoms with van der Waals surface area (Å²) in [6, 6.07) is 3.82. The lowest BCUT2D eigenvalue weighted by atomic mass is 10.2. The van der Waals surface area contributed by atoms with E-state index >= 15 is 0 Å². The first-order chi connectivity index (χ1) is 8.76. The lowest BCUT2D eigenvalue weighted by Gasteiger charge is -2.06. The maximum atomic E-state index is 11.5. The van der Waals surface area contributed by atoms with Gasteiger partial charge in [-0.3, -0.25) is 9.78 Å². The van der Waals surface area contributed by atoms with Gasteiger partial charge >= 0.3 is 0 Å². The number of rotatable bonds is 5. The van der Waals surface area contributed by atoms with Crippen LogP contribution < -0.4 is 5.32 Å². The van der Waals surface area contributed by atoms with E-state index in [-0.39, 0.29) is 5.91 Å². The van der Waals surface area contributed by atoms with Crippen molar-refractivity contribution >= 4 is 16.8 Å². The van der Waals surface area contributed by atoms with Crippen molar-refractivity contribution in [3.05, 3.63) is 30.2 Å². The predicted molar refractivity (Wildman–Crippen MR) is 69.6 cm³/mol. The van der Waals surface area contributed by atoms with Crippen molar-refractivity contribution in [1.29, 1.82) is 0 Å². The molecule has 2 aromatic rings. The van der Waals surface area contributed by atoms with E-state index in [2.05, 4.69) is 14.9 Å². The number of hydrogen-bond donors (Lipinski definition) is 1. The van der Waals surface area contributed by atoms with Gasteiger partial charge in [0.25, 0.3) is 5.91 Å². The molecule has 0 saturated carbocycles.